The lowest BCUT2D eigenvalue weighted by molar-refractivity contribution is -0.0593. The van der Waals surface area contributed by atoms with Gasteiger partial charge in [0.25, 0.3) is 0 Å². The zero-order valence-electron chi connectivity index (χ0n) is 34.2. The summed E-state index contributed by atoms with van der Waals surface area (Å²) in [4.78, 5) is 15.6. The zero-order chi connectivity index (χ0) is 35.3. The first-order valence-corrected chi connectivity index (χ1v) is 20.4. The third kappa shape index (κ3) is 13.2. The molecule has 51 heavy (non-hydrogen) atoms. The van der Waals surface area contributed by atoms with E-state index in [-0.39, 0.29) is 65.9 Å². The number of unbranched alkanes of at least 4 members (excludes halogenated alkanes) is 1. The van der Waals surface area contributed by atoms with E-state index in [9.17, 15) is 4.79 Å². The van der Waals surface area contributed by atoms with Crippen LogP contribution in [0.2, 0.25) is 0 Å². The van der Waals surface area contributed by atoms with Crippen molar-refractivity contribution in [2.45, 2.75) is 176 Å². The van der Waals surface area contributed by atoms with Gasteiger partial charge in [0.2, 0.25) is 0 Å². The third-order valence-corrected chi connectivity index (χ3v) is 13.8. The van der Waals surface area contributed by atoms with E-state index < -0.39 is 0 Å². The highest BCUT2D eigenvalue weighted by atomic mass is 35.5. The standard InChI is InChI=1S/C42H78N4O2.3ClH/c1-30(2)13-12-14-31(3)35-17-18-36-34-16-15-32-29-33(19-21-41(32,8)37(34)20-22-42(35,36)9)48-38(47)46(28-24-40(6,7)44)27-11-10-25-45-26-23-39(4,5)43;;;/h15,30-31,33-37,45H,10-14,16-29,43-44H2,1-9H3;3*1H/t31-,33+,34+,35-,36+,37+,41+,42-;;;/m1.../s1. The first kappa shape index (κ1) is 48.8. The SMILES string of the molecule is CC(C)CCC[C@@H](C)[C@H]1CC[C@H]2[C@@H]3CC=C4C[C@@H](OC(=O)N(CCCCNCCC(C)(C)N)CCC(C)(C)N)CC[C@]4(C)[C@H]3CC[C@]12C.Cl.Cl.Cl. The first-order valence-electron chi connectivity index (χ1n) is 20.4. The minimum absolute atomic E-state index is 0. The Labute approximate surface area is 333 Å². The van der Waals surface area contributed by atoms with Crippen LogP contribution < -0.4 is 16.8 Å². The summed E-state index contributed by atoms with van der Waals surface area (Å²) in [5, 5.41) is 3.51. The second-order valence-electron chi connectivity index (χ2n) is 19.5. The average Bonchev–Trinajstić information content (AvgIpc) is 3.34. The minimum Gasteiger partial charge on any atom is -0.446 e. The fourth-order valence-corrected chi connectivity index (χ4v) is 10.8. The summed E-state index contributed by atoms with van der Waals surface area (Å²) in [7, 11) is 0. The number of hydrogen-bond donors (Lipinski definition) is 3. The van der Waals surface area contributed by atoms with Gasteiger partial charge >= 0.3 is 6.09 Å². The second kappa shape index (κ2) is 20.6. The lowest BCUT2D eigenvalue weighted by atomic mass is 9.47. The molecule has 0 unspecified atom stereocenters. The molecule has 0 bridgehead atoms. The van der Waals surface area contributed by atoms with E-state index in [0.29, 0.717) is 18.5 Å². The fraction of sp³-hybridized carbons (Fsp3) is 0.929. The number of amides is 1. The summed E-state index contributed by atoms with van der Waals surface area (Å²) >= 11 is 0. The molecule has 0 aromatic rings. The van der Waals surface area contributed by atoms with Gasteiger partial charge in [-0.15, -0.1) is 37.2 Å². The van der Waals surface area contributed by atoms with Crippen LogP contribution in [0, 0.1) is 46.3 Å². The largest absolute Gasteiger partial charge is 0.446 e. The number of carbonyl (C=O) groups excluding carboxylic acids is 1. The van der Waals surface area contributed by atoms with Crippen molar-refractivity contribution < 1.29 is 9.53 Å². The number of allylic oxidation sites excluding steroid dienone is 1. The Morgan fingerprint density at radius 1 is 0.882 bits per heavy atom. The molecule has 0 radical (unpaired) electrons. The highest BCUT2D eigenvalue weighted by Crippen LogP contribution is 2.67. The zero-order valence-corrected chi connectivity index (χ0v) is 36.6. The van der Waals surface area contributed by atoms with Crippen LogP contribution in [0.3, 0.4) is 0 Å². The molecule has 4 aliphatic carbocycles. The summed E-state index contributed by atoms with van der Waals surface area (Å²) in [6.45, 7) is 24.0. The molecule has 0 spiro atoms. The van der Waals surface area contributed by atoms with Crippen molar-refractivity contribution in [1.29, 1.82) is 0 Å². The quantitative estimate of drug-likeness (QED) is 0.101. The van der Waals surface area contributed by atoms with E-state index in [1.165, 1.54) is 51.4 Å². The summed E-state index contributed by atoms with van der Waals surface area (Å²) in [6, 6.07) is 0. The molecule has 0 saturated heterocycles. The van der Waals surface area contributed by atoms with E-state index in [1.54, 1.807) is 5.57 Å². The predicted octanol–water partition coefficient (Wildman–Crippen LogP) is 10.7. The molecule has 3 fully saturated rings. The van der Waals surface area contributed by atoms with Crippen LogP contribution in [0.25, 0.3) is 0 Å². The smallest absolute Gasteiger partial charge is 0.410 e. The summed E-state index contributed by atoms with van der Waals surface area (Å²) in [5.41, 5.74) is 14.4. The number of nitrogens with zero attached hydrogens (tertiary/aromatic N) is 1. The number of fused-ring (bicyclic) bond motifs is 5. The van der Waals surface area contributed by atoms with Gasteiger partial charge in [-0.05, 0) is 158 Å². The molecule has 3 saturated carbocycles. The molecule has 0 aliphatic heterocycles. The Morgan fingerprint density at radius 3 is 2.22 bits per heavy atom. The lowest BCUT2D eigenvalue weighted by Crippen LogP contribution is -2.51. The normalized spacial score (nSPS) is 30.7. The Bertz CT molecular complexity index is 1080. The Morgan fingerprint density at radius 2 is 1.57 bits per heavy atom. The van der Waals surface area contributed by atoms with Gasteiger partial charge in [0, 0.05) is 30.6 Å². The number of carbonyl (C=O) groups is 1. The molecule has 6 nitrogen and oxygen atoms in total. The van der Waals surface area contributed by atoms with Gasteiger partial charge in [-0.2, -0.15) is 0 Å². The van der Waals surface area contributed by atoms with Gasteiger partial charge in [-0.1, -0.05) is 65.5 Å². The molecule has 4 rings (SSSR count). The maximum Gasteiger partial charge on any atom is 0.410 e. The minimum atomic E-state index is -0.313. The Hall–Kier alpha value is -0.240. The molecule has 0 aromatic heterocycles. The van der Waals surface area contributed by atoms with Crippen molar-refractivity contribution in [3.05, 3.63) is 11.6 Å². The van der Waals surface area contributed by atoms with Gasteiger partial charge in [-0.3, -0.25) is 0 Å². The molecule has 5 N–H and O–H groups in total. The van der Waals surface area contributed by atoms with Crippen molar-refractivity contribution in [3.8, 4) is 0 Å². The summed E-state index contributed by atoms with van der Waals surface area (Å²) in [5.74, 6) is 5.07. The third-order valence-electron chi connectivity index (χ3n) is 13.8. The first-order chi connectivity index (χ1) is 22.4. The van der Waals surface area contributed by atoms with Gasteiger partial charge < -0.3 is 26.4 Å². The number of nitrogens with two attached hydrogens (primary N) is 2. The molecule has 0 aromatic carbocycles. The molecule has 0 heterocycles. The van der Waals surface area contributed by atoms with Crippen molar-refractivity contribution >= 4 is 43.3 Å². The van der Waals surface area contributed by atoms with Crippen LogP contribution in [0.5, 0.6) is 0 Å². The van der Waals surface area contributed by atoms with Crippen LogP contribution in [0.15, 0.2) is 11.6 Å². The van der Waals surface area contributed by atoms with E-state index in [2.05, 4.69) is 59.9 Å². The summed E-state index contributed by atoms with van der Waals surface area (Å²) in [6.07, 6.45) is 20.3. The maximum atomic E-state index is 13.6. The van der Waals surface area contributed by atoms with Gasteiger partial charge in [0.15, 0.2) is 0 Å². The number of nitrogens with one attached hydrogen (secondary N) is 1. The Kier molecular flexibility index (Phi) is 19.7. The highest BCUT2D eigenvalue weighted by molar-refractivity contribution is 5.86. The van der Waals surface area contributed by atoms with E-state index >= 15 is 0 Å². The van der Waals surface area contributed by atoms with Crippen molar-refractivity contribution in [2.75, 3.05) is 26.2 Å². The van der Waals surface area contributed by atoms with Crippen LogP contribution in [0.1, 0.15) is 159 Å². The lowest BCUT2D eigenvalue weighted by Gasteiger charge is -2.58. The van der Waals surface area contributed by atoms with Crippen LogP contribution in [-0.4, -0.2) is 54.4 Å². The van der Waals surface area contributed by atoms with Crippen molar-refractivity contribution in [2.24, 2.45) is 57.8 Å². The molecule has 1 amide bonds. The number of halogens is 3. The summed E-state index contributed by atoms with van der Waals surface area (Å²) < 4.78 is 6.33. The van der Waals surface area contributed by atoms with Gasteiger partial charge in [0.1, 0.15) is 6.10 Å². The van der Waals surface area contributed by atoms with E-state index in [1.807, 2.05) is 18.7 Å². The molecule has 4 aliphatic rings. The van der Waals surface area contributed by atoms with Crippen molar-refractivity contribution in [1.82, 2.24) is 10.2 Å². The predicted molar refractivity (Wildman–Crippen MR) is 225 cm³/mol. The van der Waals surface area contributed by atoms with E-state index in [4.69, 9.17) is 16.2 Å². The van der Waals surface area contributed by atoms with E-state index in [0.717, 1.165) is 93.5 Å². The highest BCUT2D eigenvalue weighted by Gasteiger charge is 2.59. The van der Waals surface area contributed by atoms with Crippen molar-refractivity contribution in [3.63, 3.8) is 0 Å². The van der Waals surface area contributed by atoms with Crippen LogP contribution in [0.4, 0.5) is 4.79 Å². The number of hydrogen-bond acceptors (Lipinski definition) is 5. The molecular formula is C42H81Cl3N4O2. The Balaban J connectivity index is 0.00000433. The second-order valence-corrected chi connectivity index (χ2v) is 19.5. The monoisotopic (exact) mass is 779 g/mol. The van der Waals surface area contributed by atoms with Crippen LogP contribution >= 0.6 is 37.2 Å². The van der Waals surface area contributed by atoms with Gasteiger partial charge in [-0.25, -0.2) is 4.79 Å². The number of ether oxygens (including phenoxy) is 1. The topological polar surface area (TPSA) is 93.6 Å². The molecule has 302 valence electrons. The number of rotatable bonds is 17. The van der Waals surface area contributed by atoms with Gasteiger partial charge in [0.05, 0.1) is 0 Å². The average molecular weight is 780 g/mol. The maximum absolute atomic E-state index is 13.6. The molecular weight excluding hydrogens is 699 g/mol. The molecule has 8 atom stereocenters. The molecule has 9 heteroatoms. The fourth-order valence-electron chi connectivity index (χ4n) is 10.8. The van der Waals surface area contributed by atoms with Crippen LogP contribution in [-0.2, 0) is 4.74 Å².